The molecule has 1 aromatic heterocycles. The molecular weight excluding hydrogens is 224 g/mol. The van der Waals surface area contributed by atoms with Crippen LogP contribution >= 0.6 is 0 Å². The summed E-state index contributed by atoms with van der Waals surface area (Å²) in [5.74, 6) is -0.408. The zero-order valence-electron chi connectivity index (χ0n) is 9.33. The van der Waals surface area contributed by atoms with E-state index in [0.29, 0.717) is 18.7 Å². The van der Waals surface area contributed by atoms with Crippen LogP contribution < -0.4 is 0 Å². The second kappa shape index (κ2) is 6.37. The van der Waals surface area contributed by atoms with Crippen LogP contribution in [0.3, 0.4) is 0 Å². The molecule has 1 heterocycles. The zero-order chi connectivity index (χ0) is 12.7. The molecular formula is C11H12N2O4. The van der Waals surface area contributed by atoms with Crippen LogP contribution in [0.1, 0.15) is 12.6 Å². The first kappa shape index (κ1) is 12.8. The molecule has 0 amide bonds. The third kappa shape index (κ3) is 4.42. The van der Waals surface area contributed by atoms with Gasteiger partial charge in [-0.2, -0.15) is 0 Å². The van der Waals surface area contributed by atoms with Gasteiger partial charge < -0.3 is 4.74 Å². The maximum atomic E-state index is 11.0. The van der Waals surface area contributed by atoms with Crippen LogP contribution in [0.2, 0.25) is 0 Å². The van der Waals surface area contributed by atoms with Gasteiger partial charge in [-0.3, -0.25) is 15.1 Å². The average molecular weight is 236 g/mol. The molecule has 0 spiro atoms. The van der Waals surface area contributed by atoms with Crippen molar-refractivity contribution < 1.29 is 14.5 Å². The van der Waals surface area contributed by atoms with Gasteiger partial charge in [0, 0.05) is 24.3 Å². The number of aromatic nitrogens is 1. The Labute approximate surface area is 98.1 Å². The molecule has 0 unspecified atom stereocenters. The Morgan fingerprint density at radius 1 is 1.59 bits per heavy atom. The number of nitrogens with zero attached hydrogens (tertiary/aromatic N) is 2. The first-order valence-electron chi connectivity index (χ1n) is 5.06. The molecule has 0 fully saturated rings. The molecule has 0 bridgehead atoms. The van der Waals surface area contributed by atoms with E-state index in [0.717, 1.165) is 0 Å². The van der Waals surface area contributed by atoms with Gasteiger partial charge in [-0.1, -0.05) is 6.08 Å². The summed E-state index contributed by atoms with van der Waals surface area (Å²) in [6.45, 7) is 2.06. The number of hydrogen-bond acceptors (Lipinski definition) is 5. The molecule has 0 aliphatic heterocycles. The minimum absolute atomic E-state index is 0.0527. The number of carbonyl (C=O) groups is 1. The number of carbonyl (C=O) groups excluding carboxylic acids is 1. The Morgan fingerprint density at radius 2 is 2.35 bits per heavy atom. The summed E-state index contributed by atoms with van der Waals surface area (Å²) in [5, 5.41) is 10.4. The van der Waals surface area contributed by atoms with E-state index in [2.05, 4.69) is 4.98 Å². The van der Waals surface area contributed by atoms with Crippen LogP contribution in [-0.2, 0) is 16.0 Å². The van der Waals surface area contributed by atoms with E-state index in [9.17, 15) is 14.9 Å². The van der Waals surface area contributed by atoms with E-state index in [1.54, 1.807) is 19.1 Å². The van der Waals surface area contributed by atoms with Gasteiger partial charge in [-0.15, -0.1) is 0 Å². The number of rotatable bonds is 5. The number of pyridine rings is 1. The average Bonchev–Trinajstić information content (AvgIpc) is 2.30. The molecule has 0 N–H and O–H groups in total. The lowest BCUT2D eigenvalue weighted by atomic mass is 10.2. The highest BCUT2D eigenvalue weighted by Crippen LogP contribution is 2.09. The Morgan fingerprint density at radius 3 is 2.88 bits per heavy atom. The second-order valence-corrected chi connectivity index (χ2v) is 3.12. The minimum Gasteiger partial charge on any atom is -0.463 e. The van der Waals surface area contributed by atoms with Crippen LogP contribution in [0.25, 0.3) is 0 Å². The molecule has 0 radical (unpaired) electrons. The summed E-state index contributed by atoms with van der Waals surface area (Å²) in [7, 11) is 0. The number of allylic oxidation sites excluding steroid dienone is 1. The Hall–Kier alpha value is -2.24. The van der Waals surface area contributed by atoms with Crippen molar-refractivity contribution in [1.82, 2.24) is 4.98 Å². The van der Waals surface area contributed by atoms with Crippen LogP contribution in [-0.4, -0.2) is 22.5 Å². The summed E-state index contributed by atoms with van der Waals surface area (Å²) in [4.78, 5) is 24.7. The highest BCUT2D eigenvalue weighted by Gasteiger charge is 2.04. The molecule has 17 heavy (non-hydrogen) atoms. The molecule has 0 aromatic carbocycles. The quantitative estimate of drug-likeness (QED) is 0.336. The molecule has 0 aliphatic carbocycles. The van der Waals surface area contributed by atoms with Crippen molar-refractivity contribution in [2.24, 2.45) is 0 Å². The van der Waals surface area contributed by atoms with Crippen LogP contribution in [0.4, 0.5) is 5.69 Å². The van der Waals surface area contributed by atoms with Gasteiger partial charge in [0.1, 0.15) is 6.20 Å². The predicted octanol–water partition coefficient (Wildman–Crippen LogP) is 1.65. The predicted molar refractivity (Wildman–Crippen MR) is 60.4 cm³/mol. The minimum atomic E-state index is -0.509. The molecule has 0 saturated heterocycles. The smallest absolute Gasteiger partial charge is 0.330 e. The lowest BCUT2D eigenvalue weighted by Gasteiger charge is -1.96. The Kier molecular flexibility index (Phi) is 4.80. The van der Waals surface area contributed by atoms with E-state index in [1.807, 2.05) is 0 Å². The Bertz CT molecular complexity index is 426. The molecule has 6 nitrogen and oxygen atoms in total. The summed E-state index contributed by atoms with van der Waals surface area (Å²) in [6, 6.07) is 2.92. The monoisotopic (exact) mass is 236 g/mol. The van der Waals surface area contributed by atoms with Crippen LogP contribution in [0, 0.1) is 10.1 Å². The summed E-state index contributed by atoms with van der Waals surface area (Å²) >= 11 is 0. The van der Waals surface area contributed by atoms with E-state index >= 15 is 0 Å². The van der Waals surface area contributed by atoms with Crippen molar-refractivity contribution in [2.45, 2.75) is 13.3 Å². The van der Waals surface area contributed by atoms with E-state index in [1.165, 1.54) is 18.3 Å². The van der Waals surface area contributed by atoms with Crippen LogP contribution in [0.5, 0.6) is 0 Å². The number of nitro groups is 1. The number of hydrogen-bond donors (Lipinski definition) is 0. The maximum absolute atomic E-state index is 11.0. The van der Waals surface area contributed by atoms with Crippen molar-refractivity contribution in [3.63, 3.8) is 0 Å². The first-order chi connectivity index (χ1) is 8.13. The van der Waals surface area contributed by atoms with Crippen molar-refractivity contribution in [3.05, 3.63) is 46.3 Å². The normalized spacial score (nSPS) is 10.4. The third-order valence-electron chi connectivity index (χ3n) is 1.89. The Balaban J connectivity index is 2.52. The molecule has 0 atom stereocenters. The van der Waals surface area contributed by atoms with Gasteiger partial charge in [-0.05, 0) is 13.0 Å². The van der Waals surface area contributed by atoms with Gasteiger partial charge in [0.15, 0.2) is 0 Å². The number of ether oxygens (including phenoxy) is 1. The fraction of sp³-hybridized carbons (Fsp3) is 0.273. The van der Waals surface area contributed by atoms with Crippen molar-refractivity contribution in [3.8, 4) is 0 Å². The van der Waals surface area contributed by atoms with Gasteiger partial charge in [0.2, 0.25) is 0 Å². The van der Waals surface area contributed by atoms with Crippen molar-refractivity contribution in [1.29, 1.82) is 0 Å². The molecule has 0 aliphatic rings. The molecule has 1 aromatic rings. The largest absolute Gasteiger partial charge is 0.463 e. The van der Waals surface area contributed by atoms with Crippen molar-refractivity contribution >= 4 is 11.7 Å². The SMILES string of the molecule is CCOC(=O)C=CCc1ccc([N+](=O)[O-])cn1. The first-order valence-corrected chi connectivity index (χ1v) is 5.06. The van der Waals surface area contributed by atoms with E-state index in [4.69, 9.17) is 4.74 Å². The molecule has 90 valence electrons. The highest BCUT2D eigenvalue weighted by molar-refractivity contribution is 5.81. The van der Waals surface area contributed by atoms with Gasteiger partial charge in [-0.25, -0.2) is 4.79 Å². The summed E-state index contributed by atoms with van der Waals surface area (Å²) < 4.78 is 4.69. The highest BCUT2D eigenvalue weighted by atomic mass is 16.6. The van der Waals surface area contributed by atoms with Crippen molar-refractivity contribution in [2.75, 3.05) is 6.61 Å². The summed E-state index contributed by atoms with van der Waals surface area (Å²) in [5.41, 5.74) is 0.597. The van der Waals surface area contributed by atoms with Crippen LogP contribution in [0.15, 0.2) is 30.5 Å². The van der Waals surface area contributed by atoms with Gasteiger partial charge in [0.05, 0.1) is 11.5 Å². The molecule has 1 rings (SSSR count). The molecule has 0 saturated carbocycles. The maximum Gasteiger partial charge on any atom is 0.330 e. The second-order valence-electron chi connectivity index (χ2n) is 3.12. The van der Waals surface area contributed by atoms with Gasteiger partial charge in [0.25, 0.3) is 5.69 Å². The standard InChI is InChI=1S/C11H12N2O4/c1-2-17-11(14)5-3-4-9-6-7-10(8-12-9)13(15)16/h3,5-8H,2,4H2,1H3. The lowest BCUT2D eigenvalue weighted by molar-refractivity contribution is -0.385. The molecule has 6 heteroatoms. The fourth-order valence-corrected chi connectivity index (χ4v) is 1.11. The zero-order valence-corrected chi connectivity index (χ0v) is 9.33. The fourth-order valence-electron chi connectivity index (χ4n) is 1.11. The third-order valence-corrected chi connectivity index (χ3v) is 1.89. The topological polar surface area (TPSA) is 82.3 Å². The number of esters is 1. The summed E-state index contributed by atoms with van der Waals surface area (Å²) in [6.07, 6.45) is 4.53. The lowest BCUT2D eigenvalue weighted by Crippen LogP contribution is -1.99. The van der Waals surface area contributed by atoms with E-state index < -0.39 is 10.9 Å². The van der Waals surface area contributed by atoms with E-state index in [-0.39, 0.29) is 5.69 Å². The van der Waals surface area contributed by atoms with Gasteiger partial charge >= 0.3 is 5.97 Å².